The summed E-state index contributed by atoms with van der Waals surface area (Å²) in [6.45, 7) is 8.97. The van der Waals surface area contributed by atoms with E-state index in [-0.39, 0.29) is 10.8 Å². The van der Waals surface area contributed by atoms with Gasteiger partial charge in [0.05, 0.1) is 18.1 Å². The zero-order valence-electron chi connectivity index (χ0n) is 14.4. The van der Waals surface area contributed by atoms with Crippen molar-refractivity contribution >= 4 is 17.7 Å². The number of thioether (sulfide) groups is 1. The van der Waals surface area contributed by atoms with Crippen molar-refractivity contribution in [3.8, 4) is 0 Å². The minimum Gasteiger partial charge on any atom is -0.379 e. The Hall–Kier alpha value is -0.300. The molecule has 1 aliphatic carbocycles. The summed E-state index contributed by atoms with van der Waals surface area (Å²) in [4.78, 5) is 15.7. The molecule has 0 aromatic rings. The molecule has 0 radical (unpaired) electrons. The minimum absolute atomic E-state index is 0.0919. The number of carbonyl (C=O) groups is 1. The van der Waals surface area contributed by atoms with Crippen molar-refractivity contribution in [3.05, 3.63) is 0 Å². The van der Waals surface area contributed by atoms with E-state index in [1.165, 1.54) is 31.0 Å². The summed E-state index contributed by atoms with van der Waals surface area (Å²) in [6.07, 6.45) is 5.59. The first kappa shape index (κ1) is 17.5. The molecular formula is C17H30N2O3S. The average molecular weight is 343 g/mol. The summed E-state index contributed by atoms with van der Waals surface area (Å²) in [6, 6.07) is 0. The third-order valence-corrected chi connectivity index (χ3v) is 7.31. The van der Waals surface area contributed by atoms with Crippen LogP contribution in [0.15, 0.2) is 0 Å². The van der Waals surface area contributed by atoms with Gasteiger partial charge in [0, 0.05) is 26.2 Å². The molecule has 3 rings (SSSR count). The van der Waals surface area contributed by atoms with Gasteiger partial charge in [-0.05, 0) is 38.5 Å². The Kier molecular flexibility index (Phi) is 5.26. The van der Waals surface area contributed by atoms with Gasteiger partial charge in [0.25, 0.3) is 5.91 Å². The Balaban J connectivity index is 1.68. The highest BCUT2D eigenvalue weighted by Crippen LogP contribution is 2.54. The zero-order valence-corrected chi connectivity index (χ0v) is 15.2. The van der Waals surface area contributed by atoms with Gasteiger partial charge in [0.2, 0.25) is 0 Å². The van der Waals surface area contributed by atoms with Crippen LogP contribution in [0.25, 0.3) is 0 Å². The lowest BCUT2D eigenvalue weighted by atomic mass is 9.83. The molecule has 1 spiro atoms. The molecule has 132 valence electrons. The van der Waals surface area contributed by atoms with Crippen LogP contribution >= 0.6 is 11.8 Å². The van der Waals surface area contributed by atoms with Crippen LogP contribution in [0.2, 0.25) is 0 Å². The van der Waals surface area contributed by atoms with Gasteiger partial charge < -0.3 is 14.7 Å². The normalized spacial score (nSPS) is 39.3. The molecule has 0 aromatic carbocycles. The van der Waals surface area contributed by atoms with E-state index in [4.69, 9.17) is 4.74 Å². The van der Waals surface area contributed by atoms with E-state index in [1.54, 1.807) is 6.92 Å². The van der Waals surface area contributed by atoms with Crippen molar-refractivity contribution < 1.29 is 14.6 Å². The maximum atomic E-state index is 12.7. The molecule has 1 saturated carbocycles. The lowest BCUT2D eigenvalue weighted by molar-refractivity contribution is -0.143. The van der Waals surface area contributed by atoms with E-state index in [9.17, 15) is 9.90 Å². The van der Waals surface area contributed by atoms with Gasteiger partial charge in [-0.15, -0.1) is 0 Å². The smallest absolute Gasteiger partial charge is 0.266 e. The fourth-order valence-electron chi connectivity index (χ4n) is 4.18. The van der Waals surface area contributed by atoms with E-state index >= 15 is 0 Å². The molecule has 3 fully saturated rings. The summed E-state index contributed by atoms with van der Waals surface area (Å²) in [7, 11) is 0. The number of nitrogens with zero attached hydrogens (tertiary/aromatic N) is 2. The standard InChI is InChI=1S/C17H30N2O3S/c1-3-14-4-6-17(7-5-14)19(15(20)16(2,21)23-17)9-8-18-10-12-22-13-11-18/h14,21H,3-13H2,1-2H3/t14?,16-,17?/m1/s1. The maximum absolute atomic E-state index is 12.7. The fraction of sp³-hybridized carbons (Fsp3) is 0.941. The molecule has 3 aliphatic rings. The lowest BCUT2D eigenvalue weighted by Gasteiger charge is -2.43. The van der Waals surface area contributed by atoms with Gasteiger partial charge in [-0.3, -0.25) is 9.69 Å². The van der Waals surface area contributed by atoms with Gasteiger partial charge in [0.15, 0.2) is 4.93 Å². The maximum Gasteiger partial charge on any atom is 0.266 e. The summed E-state index contributed by atoms with van der Waals surface area (Å²) in [5, 5.41) is 10.5. The van der Waals surface area contributed by atoms with Gasteiger partial charge in [-0.25, -0.2) is 0 Å². The van der Waals surface area contributed by atoms with Gasteiger partial charge in [-0.1, -0.05) is 25.1 Å². The third kappa shape index (κ3) is 3.55. The van der Waals surface area contributed by atoms with E-state index in [0.717, 1.165) is 58.2 Å². The number of aliphatic hydroxyl groups is 1. The number of morpholine rings is 1. The lowest BCUT2D eigenvalue weighted by Crippen LogP contribution is -2.51. The Morgan fingerprint density at radius 2 is 1.91 bits per heavy atom. The predicted molar refractivity (Wildman–Crippen MR) is 92.2 cm³/mol. The Morgan fingerprint density at radius 3 is 2.52 bits per heavy atom. The van der Waals surface area contributed by atoms with Crippen molar-refractivity contribution in [2.75, 3.05) is 39.4 Å². The van der Waals surface area contributed by atoms with Crippen LogP contribution in [0, 0.1) is 5.92 Å². The second-order valence-corrected chi connectivity index (χ2v) is 9.05. The highest BCUT2D eigenvalue weighted by Gasteiger charge is 2.57. The number of amides is 1. The van der Waals surface area contributed by atoms with Crippen LogP contribution in [-0.4, -0.2) is 70.0 Å². The molecule has 1 N–H and O–H groups in total. The number of hydrogen-bond donors (Lipinski definition) is 1. The molecule has 2 heterocycles. The fourth-order valence-corrected chi connectivity index (χ4v) is 5.85. The summed E-state index contributed by atoms with van der Waals surface area (Å²) < 4.78 is 5.39. The molecule has 5 nitrogen and oxygen atoms in total. The van der Waals surface area contributed by atoms with Crippen LogP contribution < -0.4 is 0 Å². The van der Waals surface area contributed by atoms with Crippen LogP contribution in [0.4, 0.5) is 0 Å². The van der Waals surface area contributed by atoms with Crippen LogP contribution in [0.1, 0.15) is 46.0 Å². The summed E-state index contributed by atoms with van der Waals surface area (Å²) in [5.74, 6) is 0.689. The number of rotatable bonds is 4. The second kappa shape index (κ2) is 6.90. The molecule has 2 aliphatic heterocycles. The van der Waals surface area contributed by atoms with Gasteiger partial charge in [0.1, 0.15) is 0 Å². The first-order valence-electron chi connectivity index (χ1n) is 9.01. The van der Waals surface area contributed by atoms with Crippen molar-refractivity contribution in [2.45, 2.75) is 55.8 Å². The molecule has 2 saturated heterocycles. The van der Waals surface area contributed by atoms with Crippen LogP contribution in [0.5, 0.6) is 0 Å². The first-order valence-corrected chi connectivity index (χ1v) is 9.83. The Labute approximate surface area is 143 Å². The molecule has 1 amide bonds. The molecular weight excluding hydrogens is 312 g/mol. The molecule has 0 unspecified atom stereocenters. The van der Waals surface area contributed by atoms with Gasteiger partial charge >= 0.3 is 0 Å². The van der Waals surface area contributed by atoms with Crippen molar-refractivity contribution in [3.63, 3.8) is 0 Å². The first-order chi connectivity index (χ1) is 11.0. The van der Waals surface area contributed by atoms with Crippen LogP contribution in [-0.2, 0) is 9.53 Å². The highest BCUT2D eigenvalue weighted by molar-refractivity contribution is 8.03. The average Bonchev–Trinajstić information content (AvgIpc) is 2.73. The topological polar surface area (TPSA) is 53.0 Å². The largest absolute Gasteiger partial charge is 0.379 e. The van der Waals surface area contributed by atoms with Crippen molar-refractivity contribution in [1.29, 1.82) is 0 Å². The molecule has 1 atom stereocenters. The van der Waals surface area contributed by atoms with E-state index in [1.807, 2.05) is 4.90 Å². The number of hydrogen-bond acceptors (Lipinski definition) is 5. The quantitative estimate of drug-likeness (QED) is 0.846. The van der Waals surface area contributed by atoms with Crippen molar-refractivity contribution in [2.24, 2.45) is 5.92 Å². The molecule has 23 heavy (non-hydrogen) atoms. The molecule has 6 heteroatoms. The van der Waals surface area contributed by atoms with E-state index in [0.29, 0.717) is 0 Å². The van der Waals surface area contributed by atoms with E-state index in [2.05, 4.69) is 11.8 Å². The van der Waals surface area contributed by atoms with E-state index < -0.39 is 4.93 Å². The summed E-state index contributed by atoms with van der Waals surface area (Å²) in [5.41, 5.74) is 0. The minimum atomic E-state index is -1.26. The summed E-state index contributed by atoms with van der Waals surface area (Å²) >= 11 is 1.50. The monoisotopic (exact) mass is 342 g/mol. The molecule has 0 aromatic heterocycles. The van der Waals surface area contributed by atoms with Crippen molar-refractivity contribution in [1.82, 2.24) is 9.80 Å². The Bertz CT molecular complexity index is 430. The predicted octanol–water partition coefficient (Wildman–Crippen LogP) is 1.90. The van der Waals surface area contributed by atoms with Gasteiger partial charge in [-0.2, -0.15) is 0 Å². The molecule has 0 bridgehead atoms. The SMILES string of the molecule is CCC1CCC2(CC1)S[C@@](C)(O)C(=O)N2CCN1CCOCC1. The number of carbonyl (C=O) groups excluding carboxylic acids is 1. The zero-order chi connectivity index (χ0) is 16.5. The second-order valence-electron chi connectivity index (χ2n) is 7.29. The number of ether oxygens (including phenoxy) is 1. The highest BCUT2D eigenvalue weighted by atomic mass is 32.2. The third-order valence-electron chi connectivity index (χ3n) is 5.73. The Morgan fingerprint density at radius 1 is 1.26 bits per heavy atom. The van der Waals surface area contributed by atoms with Crippen LogP contribution in [0.3, 0.4) is 0 Å².